The molecular weight excluding hydrogens is 396 g/mol. The van der Waals surface area contributed by atoms with Crippen molar-refractivity contribution in [1.82, 2.24) is 14.8 Å². The van der Waals surface area contributed by atoms with E-state index in [9.17, 15) is 9.59 Å². The number of hydrogen-bond acceptors (Lipinski definition) is 7. The molecule has 0 saturated heterocycles. The number of benzene rings is 1. The molecule has 146 valence electrons. The number of thiophene rings is 1. The summed E-state index contributed by atoms with van der Waals surface area (Å²) < 4.78 is 6.80. The first-order valence-corrected chi connectivity index (χ1v) is 10.5. The topological polar surface area (TPSA) is 86.1 Å². The van der Waals surface area contributed by atoms with Crippen molar-refractivity contribution < 1.29 is 14.3 Å². The van der Waals surface area contributed by atoms with Crippen LogP contribution in [-0.4, -0.2) is 39.0 Å². The average Bonchev–Trinajstić information content (AvgIpc) is 3.26. The molecule has 9 heteroatoms. The molecule has 0 atom stereocenters. The quantitative estimate of drug-likeness (QED) is 0.465. The summed E-state index contributed by atoms with van der Waals surface area (Å²) in [6, 6.07) is 9.59. The first-order valence-electron chi connectivity index (χ1n) is 8.66. The molecule has 0 saturated carbocycles. The Hall–Kier alpha value is -2.65. The average molecular weight is 417 g/mol. The number of carbonyl (C=O) groups is 2. The number of amides is 1. The lowest BCUT2D eigenvalue weighted by atomic mass is 10.1. The second kappa shape index (κ2) is 9.03. The number of carbonyl (C=O) groups excluding carboxylic acids is 2. The maximum atomic E-state index is 12.5. The zero-order valence-corrected chi connectivity index (χ0v) is 17.4. The summed E-state index contributed by atoms with van der Waals surface area (Å²) in [5.41, 5.74) is 2.13. The van der Waals surface area contributed by atoms with Gasteiger partial charge in [0, 0.05) is 4.88 Å². The van der Waals surface area contributed by atoms with Crippen molar-refractivity contribution in [1.29, 1.82) is 0 Å². The molecule has 0 spiro atoms. The number of nitrogens with zero attached hydrogens (tertiary/aromatic N) is 3. The number of hydrogen-bond donors (Lipinski definition) is 1. The maximum absolute atomic E-state index is 12.5. The van der Waals surface area contributed by atoms with Crippen molar-refractivity contribution >= 4 is 40.0 Å². The fourth-order valence-corrected chi connectivity index (χ4v) is 4.33. The number of thioether (sulfide) groups is 1. The lowest BCUT2D eigenvalue weighted by Crippen LogP contribution is -2.16. The molecule has 0 bridgehead atoms. The number of rotatable bonds is 7. The Bertz CT molecular complexity index is 982. The highest BCUT2D eigenvalue weighted by atomic mass is 32.2. The summed E-state index contributed by atoms with van der Waals surface area (Å²) in [5, 5.41) is 8.18. The molecule has 0 unspecified atom stereocenters. The van der Waals surface area contributed by atoms with Gasteiger partial charge in [0.2, 0.25) is 5.91 Å². The number of esters is 1. The first-order chi connectivity index (χ1) is 13.5. The maximum Gasteiger partial charge on any atom is 0.341 e. The third kappa shape index (κ3) is 4.42. The molecule has 1 amide bonds. The minimum Gasteiger partial charge on any atom is -0.462 e. The van der Waals surface area contributed by atoms with Crippen LogP contribution in [-0.2, 0) is 9.53 Å². The molecule has 3 aromatic rings. The van der Waals surface area contributed by atoms with Gasteiger partial charge in [0.15, 0.2) is 5.16 Å². The molecule has 1 N–H and O–H groups in total. The van der Waals surface area contributed by atoms with Gasteiger partial charge < -0.3 is 10.1 Å². The Morgan fingerprint density at radius 1 is 1.25 bits per heavy atom. The van der Waals surface area contributed by atoms with Gasteiger partial charge in [-0.05, 0) is 38.5 Å². The highest BCUT2D eigenvalue weighted by Gasteiger charge is 2.22. The van der Waals surface area contributed by atoms with Crippen molar-refractivity contribution in [3.8, 4) is 5.69 Å². The Labute approximate surface area is 171 Å². The van der Waals surface area contributed by atoms with E-state index in [4.69, 9.17) is 4.74 Å². The van der Waals surface area contributed by atoms with Crippen LogP contribution in [0.25, 0.3) is 5.69 Å². The summed E-state index contributed by atoms with van der Waals surface area (Å²) >= 11 is 2.65. The minimum atomic E-state index is -0.420. The van der Waals surface area contributed by atoms with Crippen molar-refractivity contribution in [2.45, 2.75) is 25.9 Å². The molecular formula is C19H20N4O3S2. The van der Waals surface area contributed by atoms with Crippen molar-refractivity contribution in [3.05, 3.63) is 52.7 Å². The fraction of sp³-hybridized carbons (Fsp3) is 0.263. The van der Waals surface area contributed by atoms with Crippen LogP contribution >= 0.6 is 23.1 Å². The van der Waals surface area contributed by atoms with E-state index in [1.54, 1.807) is 11.6 Å². The van der Waals surface area contributed by atoms with Crippen LogP contribution in [0, 0.1) is 13.8 Å². The van der Waals surface area contributed by atoms with Crippen molar-refractivity contribution in [2.24, 2.45) is 0 Å². The van der Waals surface area contributed by atoms with Gasteiger partial charge in [-0.1, -0.05) is 30.0 Å². The molecule has 2 aromatic heterocycles. The van der Waals surface area contributed by atoms with Gasteiger partial charge in [0.25, 0.3) is 0 Å². The molecule has 0 radical (unpaired) electrons. The third-order valence-electron chi connectivity index (χ3n) is 3.97. The monoisotopic (exact) mass is 416 g/mol. The predicted octanol–water partition coefficient (Wildman–Crippen LogP) is 3.85. The van der Waals surface area contributed by atoms with Crippen LogP contribution in [0.5, 0.6) is 0 Å². The molecule has 0 aliphatic rings. The Morgan fingerprint density at radius 3 is 2.71 bits per heavy atom. The van der Waals surface area contributed by atoms with E-state index < -0.39 is 5.97 Å². The number of anilines is 1. The predicted molar refractivity (Wildman–Crippen MR) is 110 cm³/mol. The van der Waals surface area contributed by atoms with E-state index in [0.29, 0.717) is 15.7 Å². The van der Waals surface area contributed by atoms with Crippen LogP contribution in [0.15, 0.2) is 41.8 Å². The number of ether oxygens (including phenoxy) is 1. The molecule has 0 aliphatic heterocycles. The van der Waals surface area contributed by atoms with Gasteiger partial charge in [-0.15, -0.1) is 11.3 Å². The molecule has 28 heavy (non-hydrogen) atoms. The van der Waals surface area contributed by atoms with E-state index in [0.717, 1.165) is 16.1 Å². The molecule has 0 fully saturated rings. The van der Waals surface area contributed by atoms with Gasteiger partial charge in [-0.25, -0.2) is 14.5 Å². The molecule has 2 heterocycles. The Balaban J connectivity index is 1.69. The van der Waals surface area contributed by atoms with Gasteiger partial charge >= 0.3 is 5.97 Å². The van der Waals surface area contributed by atoms with Crippen LogP contribution in [0.2, 0.25) is 0 Å². The fourth-order valence-electron chi connectivity index (χ4n) is 2.53. The molecule has 3 rings (SSSR count). The van der Waals surface area contributed by atoms with Gasteiger partial charge in [0.1, 0.15) is 11.3 Å². The SMILES string of the molecule is CCOC(=O)c1c(NC(=O)CSc2ncnn2-c2ccccc2)sc(C)c1C. The van der Waals surface area contributed by atoms with E-state index in [1.165, 1.54) is 29.4 Å². The summed E-state index contributed by atoms with van der Waals surface area (Å²) in [6.07, 6.45) is 1.46. The number of aromatic nitrogens is 3. The molecule has 0 aliphatic carbocycles. The second-order valence-electron chi connectivity index (χ2n) is 5.83. The van der Waals surface area contributed by atoms with Gasteiger partial charge in [-0.3, -0.25) is 4.79 Å². The van der Waals surface area contributed by atoms with E-state index >= 15 is 0 Å². The Morgan fingerprint density at radius 2 is 2.00 bits per heavy atom. The Kier molecular flexibility index (Phi) is 6.48. The minimum absolute atomic E-state index is 0.143. The molecule has 1 aromatic carbocycles. The van der Waals surface area contributed by atoms with Gasteiger partial charge in [0.05, 0.1) is 23.6 Å². The zero-order chi connectivity index (χ0) is 20.1. The van der Waals surface area contributed by atoms with Crippen molar-refractivity contribution in [2.75, 3.05) is 17.7 Å². The normalized spacial score (nSPS) is 10.7. The second-order valence-corrected chi connectivity index (χ2v) is 8.00. The van der Waals surface area contributed by atoms with E-state index in [2.05, 4.69) is 15.4 Å². The summed E-state index contributed by atoms with van der Waals surface area (Å²) in [4.78, 5) is 29.9. The van der Waals surface area contributed by atoms with Crippen LogP contribution in [0.1, 0.15) is 27.7 Å². The first kappa shape index (κ1) is 20.1. The van der Waals surface area contributed by atoms with E-state index in [-0.39, 0.29) is 18.3 Å². The highest BCUT2D eigenvalue weighted by Crippen LogP contribution is 2.33. The number of aryl methyl sites for hydroxylation is 1. The standard InChI is InChI=1S/C19H20N4O3S2/c1-4-26-18(25)16-12(2)13(3)28-17(16)22-15(24)10-27-19-20-11-21-23(19)14-8-6-5-7-9-14/h5-9,11H,4,10H2,1-3H3,(H,22,24). The number of nitrogens with one attached hydrogen (secondary N) is 1. The van der Waals surface area contributed by atoms with E-state index in [1.807, 2.05) is 44.2 Å². The van der Waals surface area contributed by atoms with Gasteiger partial charge in [-0.2, -0.15) is 5.10 Å². The van der Waals surface area contributed by atoms with Crippen LogP contribution < -0.4 is 5.32 Å². The smallest absolute Gasteiger partial charge is 0.341 e. The summed E-state index contributed by atoms with van der Waals surface area (Å²) in [7, 11) is 0. The summed E-state index contributed by atoms with van der Waals surface area (Å²) in [6.45, 7) is 5.80. The van der Waals surface area contributed by atoms with Crippen LogP contribution in [0.4, 0.5) is 5.00 Å². The lowest BCUT2D eigenvalue weighted by Gasteiger charge is -2.08. The van der Waals surface area contributed by atoms with Crippen molar-refractivity contribution in [3.63, 3.8) is 0 Å². The lowest BCUT2D eigenvalue weighted by molar-refractivity contribution is -0.113. The number of para-hydroxylation sites is 1. The molecule has 7 nitrogen and oxygen atoms in total. The zero-order valence-electron chi connectivity index (χ0n) is 15.8. The highest BCUT2D eigenvalue weighted by molar-refractivity contribution is 7.99. The largest absolute Gasteiger partial charge is 0.462 e. The third-order valence-corrected chi connectivity index (χ3v) is 6.03. The van der Waals surface area contributed by atoms with Crippen LogP contribution in [0.3, 0.4) is 0 Å². The summed E-state index contributed by atoms with van der Waals surface area (Å²) in [5.74, 6) is -0.500.